The summed E-state index contributed by atoms with van der Waals surface area (Å²) < 4.78 is 5.27. The van der Waals surface area contributed by atoms with Crippen LogP contribution in [0.5, 0.6) is 0 Å². The normalized spacial score (nSPS) is 16.6. The second-order valence-electron chi connectivity index (χ2n) is 5.68. The van der Waals surface area contributed by atoms with Crippen LogP contribution in [-0.2, 0) is 4.79 Å². The molecule has 1 aromatic carbocycles. The maximum absolute atomic E-state index is 12.1. The predicted octanol–water partition coefficient (Wildman–Crippen LogP) is 3.76. The van der Waals surface area contributed by atoms with E-state index in [4.69, 9.17) is 16.1 Å². The Bertz CT molecular complexity index is 665. The molecule has 1 heterocycles. The lowest BCUT2D eigenvalue weighted by Gasteiger charge is -2.13. The third kappa shape index (κ3) is 3.30. The molecule has 0 saturated heterocycles. The van der Waals surface area contributed by atoms with Crippen LogP contribution in [0.15, 0.2) is 28.8 Å². The van der Waals surface area contributed by atoms with Crippen molar-refractivity contribution < 1.29 is 9.32 Å². The maximum Gasteiger partial charge on any atom is 0.249 e. The number of hydrogen-bond acceptors (Lipinski definition) is 4. The molecule has 5 nitrogen and oxygen atoms in total. The molecular formula is C16H18ClN3O2. The van der Waals surface area contributed by atoms with Crippen LogP contribution in [0.4, 0.5) is 0 Å². The summed E-state index contributed by atoms with van der Waals surface area (Å²) in [6, 6.07) is 6.96. The van der Waals surface area contributed by atoms with Gasteiger partial charge in [-0.15, -0.1) is 0 Å². The molecule has 1 aliphatic rings. The fourth-order valence-corrected chi connectivity index (χ4v) is 2.93. The summed E-state index contributed by atoms with van der Waals surface area (Å²) in [5.41, 5.74) is 0.789. The van der Waals surface area contributed by atoms with Crippen molar-refractivity contribution >= 4 is 17.5 Å². The molecule has 1 aliphatic carbocycles. The van der Waals surface area contributed by atoms with Gasteiger partial charge in [-0.3, -0.25) is 4.79 Å². The van der Waals surface area contributed by atoms with Crippen LogP contribution < -0.4 is 5.32 Å². The maximum atomic E-state index is 12.1. The summed E-state index contributed by atoms with van der Waals surface area (Å²) in [7, 11) is 0. The largest absolute Gasteiger partial charge is 0.344 e. The van der Waals surface area contributed by atoms with Crippen molar-refractivity contribution in [2.45, 2.75) is 38.6 Å². The average molecular weight is 320 g/mol. The summed E-state index contributed by atoms with van der Waals surface area (Å²) in [6.45, 7) is 1.85. The van der Waals surface area contributed by atoms with Crippen LogP contribution in [0.25, 0.3) is 11.4 Å². The number of halogens is 1. The molecule has 0 radical (unpaired) electrons. The molecule has 0 unspecified atom stereocenters. The number of carbonyl (C=O) groups is 1. The minimum absolute atomic E-state index is 0.0764. The van der Waals surface area contributed by atoms with Gasteiger partial charge in [-0.1, -0.05) is 41.7 Å². The first-order valence-electron chi connectivity index (χ1n) is 7.53. The highest BCUT2D eigenvalue weighted by molar-refractivity contribution is 6.30. The minimum Gasteiger partial charge on any atom is -0.344 e. The molecule has 22 heavy (non-hydrogen) atoms. The number of aromatic nitrogens is 2. The fraction of sp³-hybridized carbons (Fsp3) is 0.438. The molecule has 1 saturated carbocycles. The second kappa shape index (κ2) is 6.48. The van der Waals surface area contributed by atoms with Crippen LogP contribution in [-0.4, -0.2) is 16.0 Å². The monoisotopic (exact) mass is 319 g/mol. The van der Waals surface area contributed by atoms with Crippen molar-refractivity contribution in [2.24, 2.45) is 5.92 Å². The quantitative estimate of drug-likeness (QED) is 0.931. The van der Waals surface area contributed by atoms with Gasteiger partial charge in [0.05, 0.1) is 0 Å². The zero-order valence-corrected chi connectivity index (χ0v) is 13.1. The molecule has 0 spiro atoms. The SMILES string of the molecule is C[C@@H](NC(=O)C1CCCC1)c1nc(-c2cccc(Cl)c2)no1. The molecule has 1 atom stereocenters. The van der Waals surface area contributed by atoms with Gasteiger partial charge in [0.15, 0.2) is 0 Å². The summed E-state index contributed by atoms with van der Waals surface area (Å²) in [6.07, 6.45) is 4.20. The van der Waals surface area contributed by atoms with Crippen molar-refractivity contribution in [3.63, 3.8) is 0 Å². The highest BCUT2D eigenvalue weighted by Gasteiger charge is 2.25. The molecule has 1 N–H and O–H groups in total. The van der Waals surface area contributed by atoms with Gasteiger partial charge in [-0.25, -0.2) is 0 Å². The summed E-state index contributed by atoms with van der Waals surface area (Å²) in [4.78, 5) is 16.5. The number of nitrogens with zero attached hydrogens (tertiary/aromatic N) is 2. The Balaban J connectivity index is 1.68. The first kappa shape index (κ1) is 15.0. The number of rotatable bonds is 4. The molecule has 0 aliphatic heterocycles. The van der Waals surface area contributed by atoms with Crippen LogP contribution >= 0.6 is 11.6 Å². The van der Waals surface area contributed by atoms with E-state index in [1.807, 2.05) is 19.1 Å². The standard InChI is InChI=1S/C16H18ClN3O2/c1-10(18-15(21)11-5-2-3-6-11)16-19-14(20-22-16)12-7-4-8-13(17)9-12/h4,7-11H,2-3,5-6H2,1H3,(H,18,21)/t10-/m1/s1. The fourth-order valence-electron chi connectivity index (χ4n) is 2.74. The van der Waals surface area contributed by atoms with Crippen molar-refractivity contribution in [1.82, 2.24) is 15.5 Å². The Morgan fingerprint density at radius 3 is 2.91 bits per heavy atom. The molecular weight excluding hydrogens is 302 g/mol. The van der Waals surface area contributed by atoms with Gasteiger partial charge in [-0.2, -0.15) is 4.98 Å². The third-order valence-corrected chi connectivity index (χ3v) is 4.21. The Hall–Kier alpha value is -1.88. The van der Waals surface area contributed by atoms with E-state index in [1.54, 1.807) is 12.1 Å². The van der Waals surface area contributed by atoms with Crippen molar-refractivity contribution in [2.75, 3.05) is 0 Å². The number of hydrogen-bond donors (Lipinski definition) is 1. The lowest BCUT2D eigenvalue weighted by Crippen LogP contribution is -2.31. The summed E-state index contributed by atoms with van der Waals surface area (Å²) >= 11 is 5.96. The molecule has 0 bridgehead atoms. The smallest absolute Gasteiger partial charge is 0.249 e. The lowest BCUT2D eigenvalue weighted by molar-refractivity contribution is -0.125. The molecule has 1 amide bonds. The lowest BCUT2D eigenvalue weighted by atomic mass is 10.1. The first-order chi connectivity index (χ1) is 10.6. The molecule has 2 aromatic rings. The number of nitrogens with one attached hydrogen (secondary N) is 1. The van der Waals surface area contributed by atoms with Crippen LogP contribution in [0.2, 0.25) is 5.02 Å². The highest BCUT2D eigenvalue weighted by Crippen LogP contribution is 2.26. The van der Waals surface area contributed by atoms with Crippen molar-refractivity contribution in [1.29, 1.82) is 0 Å². The zero-order valence-electron chi connectivity index (χ0n) is 12.4. The van der Waals surface area contributed by atoms with Crippen molar-refractivity contribution in [3.05, 3.63) is 35.2 Å². The van der Waals surface area contributed by atoms with Gasteiger partial charge in [0.2, 0.25) is 17.6 Å². The second-order valence-corrected chi connectivity index (χ2v) is 6.11. The van der Waals surface area contributed by atoms with E-state index in [2.05, 4.69) is 15.5 Å². The van der Waals surface area contributed by atoms with E-state index in [0.29, 0.717) is 16.7 Å². The molecule has 116 valence electrons. The molecule has 6 heteroatoms. The first-order valence-corrected chi connectivity index (χ1v) is 7.91. The minimum atomic E-state index is -0.298. The van der Waals surface area contributed by atoms with Gasteiger partial charge in [0.1, 0.15) is 6.04 Å². The van der Waals surface area contributed by atoms with Crippen LogP contribution in [0, 0.1) is 5.92 Å². The van der Waals surface area contributed by atoms with Crippen LogP contribution in [0.1, 0.15) is 44.5 Å². The average Bonchev–Trinajstić information content (AvgIpc) is 3.19. The van der Waals surface area contributed by atoms with E-state index in [-0.39, 0.29) is 17.9 Å². The molecule has 1 aromatic heterocycles. The third-order valence-electron chi connectivity index (χ3n) is 3.98. The van der Waals surface area contributed by atoms with Gasteiger partial charge in [0, 0.05) is 16.5 Å². The van der Waals surface area contributed by atoms with Crippen LogP contribution in [0.3, 0.4) is 0 Å². The Morgan fingerprint density at radius 2 is 2.18 bits per heavy atom. The predicted molar refractivity (Wildman–Crippen MR) is 83.3 cm³/mol. The van der Waals surface area contributed by atoms with E-state index in [1.165, 1.54) is 0 Å². The molecule has 3 rings (SSSR count). The number of benzene rings is 1. The van der Waals surface area contributed by atoms with Gasteiger partial charge in [-0.05, 0) is 31.9 Å². The Kier molecular flexibility index (Phi) is 4.43. The van der Waals surface area contributed by atoms with Gasteiger partial charge in [0.25, 0.3) is 0 Å². The van der Waals surface area contributed by atoms with Crippen molar-refractivity contribution in [3.8, 4) is 11.4 Å². The zero-order chi connectivity index (χ0) is 15.5. The molecule has 1 fully saturated rings. The topological polar surface area (TPSA) is 68.0 Å². The summed E-state index contributed by atoms with van der Waals surface area (Å²) in [5.74, 6) is 1.08. The van der Waals surface area contributed by atoms with E-state index >= 15 is 0 Å². The van der Waals surface area contributed by atoms with E-state index in [9.17, 15) is 4.79 Å². The van der Waals surface area contributed by atoms with E-state index < -0.39 is 0 Å². The van der Waals surface area contributed by atoms with E-state index in [0.717, 1.165) is 31.2 Å². The Labute approximate surface area is 134 Å². The summed E-state index contributed by atoms with van der Waals surface area (Å²) in [5, 5.41) is 7.53. The van der Waals surface area contributed by atoms with Gasteiger partial charge >= 0.3 is 0 Å². The number of carbonyl (C=O) groups excluding carboxylic acids is 1. The number of amides is 1. The Morgan fingerprint density at radius 1 is 1.41 bits per heavy atom. The van der Waals surface area contributed by atoms with Gasteiger partial charge < -0.3 is 9.84 Å². The highest BCUT2D eigenvalue weighted by atomic mass is 35.5.